The lowest BCUT2D eigenvalue weighted by atomic mass is 10.0. The summed E-state index contributed by atoms with van der Waals surface area (Å²) < 4.78 is 6.76. The highest BCUT2D eigenvalue weighted by Crippen LogP contribution is 2.33. The van der Waals surface area contributed by atoms with Crippen molar-refractivity contribution in [3.63, 3.8) is 0 Å². The fourth-order valence-corrected chi connectivity index (χ4v) is 2.47. The standard InChI is InChI=1S/C14H19BrN2O2/c1-17(2)14(18)9-16-12-4-3-7-19-13-8-10(15)5-6-11(12)13/h5-6,8,12,16H,3-4,7,9H2,1-2H3. The van der Waals surface area contributed by atoms with Gasteiger partial charge in [0.15, 0.2) is 0 Å². The number of fused-ring (bicyclic) bond motifs is 1. The second-order valence-corrected chi connectivity index (χ2v) is 5.81. The largest absolute Gasteiger partial charge is 0.493 e. The zero-order chi connectivity index (χ0) is 13.8. The molecule has 19 heavy (non-hydrogen) atoms. The fraction of sp³-hybridized carbons (Fsp3) is 0.500. The summed E-state index contributed by atoms with van der Waals surface area (Å²) in [7, 11) is 3.54. The van der Waals surface area contributed by atoms with Crippen LogP contribution in [0.3, 0.4) is 0 Å². The van der Waals surface area contributed by atoms with Gasteiger partial charge in [0.1, 0.15) is 5.75 Å². The van der Waals surface area contributed by atoms with Crippen molar-refractivity contribution >= 4 is 21.8 Å². The maximum Gasteiger partial charge on any atom is 0.236 e. The summed E-state index contributed by atoms with van der Waals surface area (Å²) in [5, 5.41) is 3.33. The van der Waals surface area contributed by atoms with Crippen molar-refractivity contribution in [2.75, 3.05) is 27.2 Å². The van der Waals surface area contributed by atoms with Crippen LogP contribution in [0, 0.1) is 0 Å². The Bertz CT molecular complexity index is 463. The molecule has 4 nitrogen and oxygen atoms in total. The van der Waals surface area contributed by atoms with Crippen LogP contribution in [0.4, 0.5) is 0 Å². The molecular formula is C14H19BrN2O2. The normalized spacial score (nSPS) is 18.2. The number of ether oxygens (including phenoxy) is 1. The van der Waals surface area contributed by atoms with Gasteiger partial charge in [-0.05, 0) is 25.0 Å². The molecule has 1 unspecified atom stereocenters. The molecule has 0 spiro atoms. The number of carbonyl (C=O) groups is 1. The van der Waals surface area contributed by atoms with Crippen molar-refractivity contribution in [3.05, 3.63) is 28.2 Å². The number of benzene rings is 1. The van der Waals surface area contributed by atoms with Crippen LogP contribution < -0.4 is 10.1 Å². The van der Waals surface area contributed by atoms with Gasteiger partial charge >= 0.3 is 0 Å². The molecule has 2 rings (SSSR count). The molecule has 104 valence electrons. The van der Waals surface area contributed by atoms with Crippen LogP contribution in [0.5, 0.6) is 5.75 Å². The second-order valence-electron chi connectivity index (χ2n) is 4.89. The zero-order valence-electron chi connectivity index (χ0n) is 11.3. The van der Waals surface area contributed by atoms with Gasteiger partial charge in [-0.3, -0.25) is 4.79 Å². The first-order chi connectivity index (χ1) is 9.08. The topological polar surface area (TPSA) is 41.6 Å². The van der Waals surface area contributed by atoms with Gasteiger partial charge in [-0.15, -0.1) is 0 Å². The molecule has 0 radical (unpaired) electrons. The van der Waals surface area contributed by atoms with Gasteiger partial charge in [-0.25, -0.2) is 0 Å². The molecule has 1 aliphatic heterocycles. The highest BCUT2D eigenvalue weighted by Gasteiger charge is 2.20. The minimum Gasteiger partial charge on any atom is -0.493 e. The van der Waals surface area contributed by atoms with E-state index in [4.69, 9.17) is 4.74 Å². The molecule has 0 saturated heterocycles. The van der Waals surface area contributed by atoms with E-state index in [1.54, 1.807) is 19.0 Å². The van der Waals surface area contributed by atoms with E-state index in [1.165, 1.54) is 0 Å². The molecule has 0 aliphatic carbocycles. The summed E-state index contributed by atoms with van der Waals surface area (Å²) in [5.41, 5.74) is 1.13. The van der Waals surface area contributed by atoms with E-state index in [0.29, 0.717) is 6.54 Å². The minimum atomic E-state index is 0.0869. The van der Waals surface area contributed by atoms with Gasteiger partial charge in [0.2, 0.25) is 5.91 Å². The van der Waals surface area contributed by atoms with E-state index in [-0.39, 0.29) is 11.9 Å². The van der Waals surface area contributed by atoms with E-state index < -0.39 is 0 Å². The summed E-state index contributed by atoms with van der Waals surface area (Å²) in [6.45, 7) is 1.08. The zero-order valence-corrected chi connectivity index (χ0v) is 12.9. The van der Waals surface area contributed by atoms with Gasteiger partial charge in [-0.1, -0.05) is 22.0 Å². The van der Waals surface area contributed by atoms with Gasteiger partial charge in [-0.2, -0.15) is 0 Å². The second kappa shape index (κ2) is 6.39. The molecule has 0 aromatic heterocycles. The van der Waals surface area contributed by atoms with Gasteiger partial charge in [0.25, 0.3) is 0 Å². The molecule has 1 aromatic rings. The molecule has 1 N–H and O–H groups in total. The number of halogens is 1. The number of hydrogen-bond acceptors (Lipinski definition) is 3. The predicted octanol–water partition coefficient (Wildman–Crippen LogP) is 2.34. The summed E-state index contributed by atoms with van der Waals surface area (Å²) in [6, 6.07) is 6.23. The third-order valence-electron chi connectivity index (χ3n) is 3.24. The first kappa shape index (κ1) is 14.3. The molecule has 0 fully saturated rings. The quantitative estimate of drug-likeness (QED) is 0.927. The van der Waals surface area contributed by atoms with Crippen LogP contribution in [-0.2, 0) is 4.79 Å². The lowest BCUT2D eigenvalue weighted by molar-refractivity contribution is -0.127. The Hall–Kier alpha value is -1.07. The number of nitrogens with one attached hydrogen (secondary N) is 1. The average Bonchev–Trinajstić information content (AvgIpc) is 2.57. The lowest BCUT2D eigenvalue weighted by Crippen LogP contribution is -2.35. The summed E-state index contributed by atoms with van der Waals surface area (Å²) in [5.74, 6) is 0.991. The van der Waals surface area contributed by atoms with E-state index in [0.717, 1.165) is 35.2 Å². The van der Waals surface area contributed by atoms with Gasteiger partial charge in [0.05, 0.1) is 13.2 Å². The lowest BCUT2D eigenvalue weighted by Gasteiger charge is -2.19. The van der Waals surface area contributed by atoms with E-state index in [9.17, 15) is 4.79 Å². The third kappa shape index (κ3) is 3.70. The molecule has 1 atom stereocenters. The number of rotatable bonds is 3. The first-order valence-corrected chi connectivity index (χ1v) is 7.23. The Labute approximate surface area is 122 Å². The number of nitrogens with zero attached hydrogens (tertiary/aromatic N) is 1. The smallest absolute Gasteiger partial charge is 0.236 e. The van der Waals surface area contributed by atoms with Crippen LogP contribution >= 0.6 is 15.9 Å². The molecule has 0 bridgehead atoms. The molecule has 1 aromatic carbocycles. The van der Waals surface area contributed by atoms with Crippen LogP contribution in [-0.4, -0.2) is 38.1 Å². The Morgan fingerprint density at radius 3 is 3.05 bits per heavy atom. The molecule has 1 heterocycles. The van der Waals surface area contributed by atoms with Crippen LogP contribution in [0.2, 0.25) is 0 Å². The van der Waals surface area contributed by atoms with Crippen LogP contribution in [0.25, 0.3) is 0 Å². The van der Waals surface area contributed by atoms with Crippen molar-refractivity contribution in [3.8, 4) is 5.75 Å². The van der Waals surface area contributed by atoms with Crippen molar-refractivity contribution in [1.82, 2.24) is 10.2 Å². The van der Waals surface area contributed by atoms with Crippen molar-refractivity contribution in [2.24, 2.45) is 0 Å². The fourth-order valence-electron chi connectivity index (χ4n) is 2.13. The summed E-state index contributed by atoms with van der Waals surface area (Å²) in [6.07, 6.45) is 1.97. The molecule has 1 aliphatic rings. The number of hydrogen-bond donors (Lipinski definition) is 1. The minimum absolute atomic E-state index is 0.0869. The summed E-state index contributed by atoms with van der Waals surface area (Å²) in [4.78, 5) is 13.3. The summed E-state index contributed by atoms with van der Waals surface area (Å²) >= 11 is 3.46. The van der Waals surface area contributed by atoms with Crippen LogP contribution in [0.1, 0.15) is 24.4 Å². The highest BCUT2D eigenvalue weighted by atomic mass is 79.9. The predicted molar refractivity (Wildman–Crippen MR) is 78.3 cm³/mol. The van der Waals surface area contributed by atoms with E-state index in [1.807, 2.05) is 12.1 Å². The third-order valence-corrected chi connectivity index (χ3v) is 3.74. The van der Waals surface area contributed by atoms with Crippen molar-refractivity contribution in [2.45, 2.75) is 18.9 Å². The SMILES string of the molecule is CN(C)C(=O)CNC1CCCOc2cc(Br)ccc21. The molecule has 1 amide bonds. The number of carbonyl (C=O) groups excluding carboxylic acids is 1. The average molecular weight is 327 g/mol. The maximum absolute atomic E-state index is 11.7. The Morgan fingerprint density at radius 1 is 1.53 bits per heavy atom. The van der Waals surface area contributed by atoms with E-state index >= 15 is 0 Å². The molecule has 5 heteroatoms. The van der Waals surface area contributed by atoms with Crippen molar-refractivity contribution < 1.29 is 9.53 Å². The Morgan fingerprint density at radius 2 is 2.32 bits per heavy atom. The molecular weight excluding hydrogens is 308 g/mol. The molecule has 0 saturated carbocycles. The number of amides is 1. The monoisotopic (exact) mass is 326 g/mol. The number of likely N-dealkylation sites (N-methyl/N-ethyl adjacent to an activating group) is 1. The Balaban J connectivity index is 2.11. The Kier molecular flexibility index (Phi) is 4.82. The van der Waals surface area contributed by atoms with Gasteiger partial charge < -0.3 is 15.0 Å². The van der Waals surface area contributed by atoms with E-state index in [2.05, 4.69) is 27.3 Å². The first-order valence-electron chi connectivity index (χ1n) is 6.43. The van der Waals surface area contributed by atoms with Crippen molar-refractivity contribution in [1.29, 1.82) is 0 Å². The highest BCUT2D eigenvalue weighted by molar-refractivity contribution is 9.10. The van der Waals surface area contributed by atoms with Crippen LogP contribution in [0.15, 0.2) is 22.7 Å². The van der Waals surface area contributed by atoms with Gasteiger partial charge in [0, 0.05) is 30.2 Å². The maximum atomic E-state index is 11.7.